The number of halogens is 1. The second-order valence-electron chi connectivity index (χ2n) is 8.33. The van der Waals surface area contributed by atoms with E-state index < -0.39 is 27.7 Å². The van der Waals surface area contributed by atoms with Gasteiger partial charge in [-0.2, -0.15) is 4.31 Å². The maximum atomic E-state index is 13.6. The number of hydrogen-bond acceptors (Lipinski definition) is 4. The van der Waals surface area contributed by atoms with Gasteiger partial charge in [-0.15, -0.1) is 0 Å². The number of sulfonamides is 1. The molecule has 0 bridgehead atoms. The van der Waals surface area contributed by atoms with Crippen LogP contribution in [0.25, 0.3) is 0 Å². The van der Waals surface area contributed by atoms with Gasteiger partial charge in [-0.05, 0) is 68.0 Å². The maximum absolute atomic E-state index is 13.6. The summed E-state index contributed by atoms with van der Waals surface area (Å²) >= 11 is 0. The molecule has 2 aromatic carbocycles. The molecule has 2 aromatic rings. The molecule has 0 unspecified atom stereocenters. The first kappa shape index (κ1) is 24.9. The van der Waals surface area contributed by atoms with Gasteiger partial charge in [0, 0.05) is 25.7 Å². The lowest BCUT2D eigenvalue weighted by molar-refractivity contribution is -0.139. The Morgan fingerprint density at radius 1 is 1.03 bits per heavy atom. The number of benzene rings is 2. The van der Waals surface area contributed by atoms with Gasteiger partial charge in [-0.3, -0.25) is 9.59 Å². The monoisotopic (exact) mass is 475 g/mol. The quantitative estimate of drug-likeness (QED) is 0.602. The number of rotatable bonds is 7. The summed E-state index contributed by atoms with van der Waals surface area (Å²) < 4.78 is 41.4. The van der Waals surface area contributed by atoms with Crippen molar-refractivity contribution in [2.45, 2.75) is 57.0 Å². The molecule has 1 saturated heterocycles. The van der Waals surface area contributed by atoms with Gasteiger partial charge in [0.15, 0.2) is 0 Å². The predicted octanol–water partition coefficient (Wildman–Crippen LogP) is 2.81. The Bertz CT molecular complexity index is 1120. The summed E-state index contributed by atoms with van der Waals surface area (Å²) in [6.07, 6.45) is 2.67. The second-order valence-corrected chi connectivity index (χ2v) is 10.2. The van der Waals surface area contributed by atoms with Crippen molar-refractivity contribution in [1.82, 2.24) is 14.9 Å². The van der Waals surface area contributed by atoms with Crippen LogP contribution >= 0.6 is 0 Å². The van der Waals surface area contributed by atoms with Crippen LogP contribution in [-0.4, -0.2) is 43.7 Å². The van der Waals surface area contributed by atoms with Crippen LogP contribution in [0.15, 0.2) is 47.4 Å². The van der Waals surface area contributed by atoms with Crippen molar-refractivity contribution in [2.75, 3.05) is 13.1 Å². The summed E-state index contributed by atoms with van der Waals surface area (Å²) in [6.45, 7) is 4.26. The van der Waals surface area contributed by atoms with E-state index in [2.05, 4.69) is 10.6 Å². The molecule has 0 aromatic heterocycles. The lowest BCUT2D eigenvalue weighted by atomic mass is 10.0. The molecule has 1 aliphatic rings. The van der Waals surface area contributed by atoms with Gasteiger partial charge in [0.2, 0.25) is 10.0 Å². The highest BCUT2D eigenvalue weighted by molar-refractivity contribution is 7.89. The number of piperidine rings is 1. The molecular formula is C24H30FN3O4S. The van der Waals surface area contributed by atoms with E-state index in [9.17, 15) is 22.4 Å². The standard InChI is InChI=1S/C24H30FN3O4S/c1-17-7-3-4-8-19(17)16-27-24(30)23(29)26-13-12-20-9-5-6-14-28(20)33(31,32)21-10-11-22(25)18(2)15-21/h3-4,7-8,10-11,15,20H,5-6,9,12-14,16H2,1-2H3,(H,26,29)(H,27,30)/t20-/m0/s1. The molecule has 1 aliphatic heterocycles. The number of hydrogen-bond donors (Lipinski definition) is 2. The van der Waals surface area contributed by atoms with Crippen molar-refractivity contribution in [3.8, 4) is 0 Å². The van der Waals surface area contributed by atoms with E-state index in [1.54, 1.807) is 0 Å². The van der Waals surface area contributed by atoms with Gasteiger partial charge in [0.25, 0.3) is 0 Å². The van der Waals surface area contributed by atoms with Crippen molar-refractivity contribution >= 4 is 21.8 Å². The number of carbonyl (C=O) groups excluding carboxylic acids is 2. The minimum absolute atomic E-state index is 0.0629. The van der Waals surface area contributed by atoms with Crippen LogP contribution in [0.5, 0.6) is 0 Å². The summed E-state index contributed by atoms with van der Waals surface area (Å²) in [7, 11) is -3.79. The van der Waals surface area contributed by atoms with Gasteiger partial charge < -0.3 is 10.6 Å². The summed E-state index contributed by atoms with van der Waals surface area (Å²) in [5, 5.41) is 5.19. The molecule has 33 heavy (non-hydrogen) atoms. The molecule has 1 heterocycles. The Hall–Kier alpha value is -2.78. The fraction of sp³-hybridized carbons (Fsp3) is 0.417. The average molecular weight is 476 g/mol. The SMILES string of the molecule is Cc1cc(S(=O)(=O)N2CCCC[C@H]2CCNC(=O)C(=O)NCc2ccccc2C)ccc1F. The third kappa shape index (κ3) is 6.17. The molecule has 2 amide bonds. The van der Waals surface area contributed by atoms with Gasteiger partial charge in [0.05, 0.1) is 4.90 Å². The van der Waals surface area contributed by atoms with Crippen molar-refractivity contribution in [3.05, 3.63) is 65.0 Å². The fourth-order valence-electron chi connectivity index (χ4n) is 3.99. The Morgan fingerprint density at radius 3 is 2.48 bits per heavy atom. The summed E-state index contributed by atoms with van der Waals surface area (Å²) in [6, 6.07) is 11.1. The number of amides is 2. The van der Waals surface area contributed by atoms with Crippen molar-refractivity contribution < 1.29 is 22.4 Å². The topological polar surface area (TPSA) is 95.6 Å². The molecule has 0 saturated carbocycles. The highest BCUT2D eigenvalue weighted by Gasteiger charge is 2.33. The Balaban J connectivity index is 1.55. The molecule has 3 rings (SSSR count). The normalized spacial score (nSPS) is 16.9. The lowest BCUT2D eigenvalue weighted by Crippen LogP contribution is -2.46. The number of carbonyl (C=O) groups is 2. The lowest BCUT2D eigenvalue weighted by Gasteiger charge is -2.34. The number of nitrogens with one attached hydrogen (secondary N) is 2. The summed E-state index contributed by atoms with van der Waals surface area (Å²) in [5.74, 6) is -1.93. The molecule has 1 fully saturated rings. The van der Waals surface area contributed by atoms with Crippen LogP contribution in [-0.2, 0) is 26.2 Å². The maximum Gasteiger partial charge on any atom is 0.309 e. The minimum atomic E-state index is -3.79. The van der Waals surface area contributed by atoms with E-state index in [1.165, 1.54) is 23.4 Å². The van der Waals surface area contributed by atoms with E-state index in [1.807, 2.05) is 31.2 Å². The first-order valence-corrected chi connectivity index (χ1v) is 12.5. The minimum Gasteiger partial charge on any atom is -0.348 e. The van der Waals surface area contributed by atoms with E-state index in [4.69, 9.17) is 0 Å². The van der Waals surface area contributed by atoms with Crippen LogP contribution in [0.2, 0.25) is 0 Å². The van der Waals surface area contributed by atoms with E-state index >= 15 is 0 Å². The zero-order valence-electron chi connectivity index (χ0n) is 18.9. The Labute approximate surface area is 194 Å². The first-order valence-electron chi connectivity index (χ1n) is 11.1. The highest BCUT2D eigenvalue weighted by Crippen LogP contribution is 2.27. The predicted molar refractivity (Wildman–Crippen MR) is 123 cm³/mol. The average Bonchev–Trinajstić information content (AvgIpc) is 2.80. The summed E-state index contributed by atoms with van der Waals surface area (Å²) in [4.78, 5) is 24.4. The molecule has 1 atom stereocenters. The van der Waals surface area contributed by atoms with Crippen LogP contribution in [0.1, 0.15) is 42.4 Å². The smallest absolute Gasteiger partial charge is 0.309 e. The third-order valence-corrected chi connectivity index (χ3v) is 7.93. The molecule has 7 nitrogen and oxygen atoms in total. The third-order valence-electron chi connectivity index (χ3n) is 5.98. The van der Waals surface area contributed by atoms with Crippen LogP contribution < -0.4 is 10.6 Å². The molecule has 2 N–H and O–H groups in total. The van der Waals surface area contributed by atoms with Crippen molar-refractivity contribution in [3.63, 3.8) is 0 Å². The van der Waals surface area contributed by atoms with E-state index in [0.717, 1.165) is 30.0 Å². The Morgan fingerprint density at radius 2 is 1.76 bits per heavy atom. The van der Waals surface area contributed by atoms with Crippen LogP contribution in [0.3, 0.4) is 0 Å². The van der Waals surface area contributed by atoms with Crippen molar-refractivity contribution in [2.24, 2.45) is 0 Å². The molecule has 0 aliphatic carbocycles. The molecular weight excluding hydrogens is 445 g/mol. The largest absolute Gasteiger partial charge is 0.348 e. The highest BCUT2D eigenvalue weighted by atomic mass is 32.2. The van der Waals surface area contributed by atoms with Crippen LogP contribution in [0.4, 0.5) is 4.39 Å². The molecule has 9 heteroatoms. The molecule has 178 valence electrons. The Kier molecular flexibility index (Phi) is 8.20. The number of aryl methyl sites for hydroxylation is 2. The van der Waals surface area contributed by atoms with Gasteiger partial charge >= 0.3 is 11.8 Å². The second kappa shape index (κ2) is 10.9. The van der Waals surface area contributed by atoms with Crippen molar-refractivity contribution in [1.29, 1.82) is 0 Å². The fourth-order valence-corrected chi connectivity index (χ4v) is 5.80. The van der Waals surface area contributed by atoms with E-state index in [0.29, 0.717) is 19.4 Å². The van der Waals surface area contributed by atoms with Crippen LogP contribution in [0, 0.1) is 19.7 Å². The molecule has 0 spiro atoms. The molecule has 0 radical (unpaired) electrons. The summed E-state index contributed by atoms with van der Waals surface area (Å²) in [5.41, 5.74) is 2.22. The van der Waals surface area contributed by atoms with Gasteiger partial charge in [-0.1, -0.05) is 30.7 Å². The zero-order valence-corrected chi connectivity index (χ0v) is 19.8. The first-order chi connectivity index (χ1) is 15.7. The number of nitrogens with zero attached hydrogens (tertiary/aromatic N) is 1. The van der Waals surface area contributed by atoms with Gasteiger partial charge in [-0.25, -0.2) is 12.8 Å². The van der Waals surface area contributed by atoms with E-state index in [-0.39, 0.29) is 29.6 Å². The van der Waals surface area contributed by atoms with Gasteiger partial charge in [0.1, 0.15) is 5.82 Å². The zero-order chi connectivity index (χ0) is 24.0.